The Labute approximate surface area is 118 Å². The number of phenolic OH excluding ortho intramolecular Hbond substituents is 1. The number of phenols is 1. The van der Waals surface area contributed by atoms with Crippen molar-refractivity contribution in [3.63, 3.8) is 0 Å². The molecule has 0 unspecified atom stereocenters. The van der Waals surface area contributed by atoms with E-state index < -0.39 is 4.92 Å². The van der Waals surface area contributed by atoms with E-state index in [1.54, 1.807) is 6.92 Å². The van der Waals surface area contributed by atoms with Crippen molar-refractivity contribution in [3.8, 4) is 5.75 Å². The van der Waals surface area contributed by atoms with Crippen molar-refractivity contribution in [3.05, 3.63) is 56.0 Å². The number of aromatic amines is 1. The number of nitrogens with one attached hydrogen (secondary N) is 2. The van der Waals surface area contributed by atoms with E-state index >= 15 is 0 Å². The lowest BCUT2D eigenvalue weighted by Gasteiger charge is -2.01. The predicted molar refractivity (Wildman–Crippen MR) is 75.6 cm³/mol. The Morgan fingerprint density at radius 2 is 2.24 bits per heavy atom. The van der Waals surface area contributed by atoms with Gasteiger partial charge < -0.3 is 5.11 Å². The number of aromatic nitrogens is 2. The second-order valence-electron chi connectivity index (χ2n) is 4.11. The first-order valence-electron chi connectivity index (χ1n) is 5.80. The van der Waals surface area contributed by atoms with Gasteiger partial charge in [0.1, 0.15) is 5.75 Å². The molecule has 0 amide bonds. The summed E-state index contributed by atoms with van der Waals surface area (Å²) in [6.07, 6.45) is 1.19. The smallest absolute Gasteiger partial charge is 0.270 e. The van der Waals surface area contributed by atoms with E-state index in [4.69, 9.17) is 0 Å². The minimum atomic E-state index is -0.580. The summed E-state index contributed by atoms with van der Waals surface area (Å²) in [5, 5.41) is 24.0. The van der Waals surface area contributed by atoms with Crippen molar-refractivity contribution in [2.45, 2.75) is 6.92 Å². The lowest BCUT2D eigenvalue weighted by Crippen LogP contribution is -2.10. The summed E-state index contributed by atoms with van der Waals surface area (Å²) >= 11 is 0. The standard InChI is InChI=1S/C12H11N5O4/c1-7-4-11(19)15-12(14-7)16-13-6-8-5-9(17(20)21)2-3-10(8)18/h2-6,18H,1H3,(H2,14,15,16,19)/b13-6-. The Kier molecular flexibility index (Phi) is 3.93. The number of aromatic hydroxyl groups is 1. The second-order valence-corrected chi connectivity index (χ2v) is 4.11. The quantitative estimate of drug-likeness (QED) is 0.439. The van der Waals surface area contributed by atoms with Gasteiger partial charge in [-0.3, -0.25) is 19.9 Å². The van der Waals surface area contributed by atoms with Crippen LogP contribution in [0.3, 0.4) is 0 Å². The molecule has 0 saturated heterocycles. The van der Waals surface area contributed by atoms with Crippen LogP contribution in [0.15, 0.2) is 34.2 Å². The van der Waals surface area contributed by atoms with Crippen LogP contribution < -0.4 is 11.0 Å². The number of H-pyrrole nitrogens is 1. The number of nitro groups is 1. The van der Waals surface area contributed by atoms with Crippen LogP contribution in [0.25, 0.3) is 0 Å². The molecule has 3 N–H and O–H groups in total. The molecular weight excluding hydrogens is 278 g/mol. The van der Waals surface area contributed by atoms with Gasteiger partial charge in [-0.25, -0.2) is 10.4 Å². The van der Waals surface area contributed by atoms with E-state index in [-0.39, 0.29) is 28.5 Å². The van der Waals surface area contributed by atoms with Gasteiger partial charge in [0.15, 0.2) is 0 Å². The molecule has 0 aliphatic rings. The highest BCUT2D eigenvalue weighted by atomic mass is 16.6. The molecule has 0 aliphatic heterocycles. The molecule has 9 heteroatoms. The Hall–Kier alpha value is -3.23. The molecule has 21 heavy (non-hydrogen) atoms. The molecule has 0 saturated carbocycles. The first-order chi connectivity index (χ1) is 9.95. The topological polar surface area (TPSA) is 134 Å². The fourth-order valence-electron chi connectivity index (χ4n) is 1.55. The van der Waals surface area contributed by atoms with Gasteiger partial charge in [-0.1, -0.05) is 0 Å². The van der Waals surface area contributed by atoms with E-state index in [0.29, 0.717) is 5.69 Å². The molecule has 0 atom stereocenters. The van der Waals surface area contributed by atoms with Gasteiger partial charge in [-0.15, -0.1) is 0 Å². The van der Waals surface area contributed by atoms with Gasteiger partial charge in [0.05, 0.1) is 11.1 Å². The summed E-state index contributed by atoms with van der Waals surface area (Å²) in [6.45, 7) is 1.65. The fraction of sp³-hybridized carbons (Fsp3) is 0.0833. The van der Waals surface area contributed by atoms with Crippen LogP contribution in [-0.2, 0) is 0 Å². The SMILES string of the molecule is Cc1cc(=O)[nH]c(N/N=C\c2cc([N+](=O)[O-])ccc2O)n1. The number of nitro benzene ring substituents is 1. The number of hydrazone groups is 1. The van der Waals surface area contributed by atoms with Crippen LogP contribution in [0.2, 0.25) is 0 Å². The van der Waals surface area contributed by atoms with E-state index in [2.05, 4.69) is 20.5 Å². The van der Waals surface area contributed by atoms with Crippen molar-refractivity contribution in [2.75, 3.05) is 5.43 Å². The van der Waals surface area contributed by atoms with Gasteiger partial charge in [0.2, 0.25) is 5.95 Å². The van der Waals surface area contributed by atoms with E-state index in [1.165, 1.54) is 30.5 Å². The van der Waals surface area contributed by atoms with Crippen LogP contribution in [0, 0.1) is 17.0 Å². The number of nitrogens with zero attached hydrogens (tertiary/aromatic N) is 3. The molecule has 2 rings (SSSR count). The van der Waals surface area contributed by atoms with Crippen LogP contribution in [0.1, 0.15) is 11.3 Å². The zero-order chi connectivity index (χ0) is 15.4. The van der Waals surface area contributed by atoms with Gasteiger partial charge >= 0.3 is 0 Å². The average Bonchev–Trinajstić information content (AvgIpc) is 2.39. The number of hydrogen-bond donors (Lipinski definition) is 3. The molecule has 0 bridgehead atoms. The Bertz CT molecular complexity index is 768. The Morgan fingerprint density at radius 1 is 1.48 bits per heavy atom. The highest BCUT2D eigenvalue weighted by molar-refractivity contribution is 5.84. The minimum absolute atomic E-state index is 0.126. The summed E-state index contributed by atoms with van der Waals surface area (Å²) in [5.41, 5.74) is 2.64. The lowest BCUT2D eigenvalue weighted by atomic mass is 10.2. The molecule has 0 fully saturated rings. The Balaban J connectivity index is 2.19. The van der Waals surface area contributed by atoms with Crippen molar-refractivity contribution in [1.82, 2.24) is 9.97 Å². The Morgan fingerprint density at radius 3 is 2.90 bits per heavy atom. The van der Waals surface area contributed by atoms with Crippen molar-refractivity contribution in [1.29, 1.82) is 0 Å². The molecular formula is C12H11N5O4. The maximum Gasteiger partial charge on any atom is 0.270 e. The van der Waals surface area contributed by atoms with Crippen molar-refractivity contribution in [2.24, 2.45) is 5.10 Å². The number of aryl methyl sites for hydroxylation is 1. The molecule has 108 valence electrons. The number of non-ortho nitro benzene ring substituents is 1. The monoisotopic (exact) mass is 289 g/mol. The first kappa shape index (κ1) is 14.2. The zero-order valence-corrected chi connectivity index (χ0v) is 10.9. The van der Waals surface area contributed by atoms with Crippen LogP contribution in [0.5, 0.6) is 5.75 Å². The number of hydrogen-bond acceptors (Lipinski definition) is 7. The predicted octanol–water partition coefficient (Wildman–Crippen LogP) is 1.14. The molecule has 1 heterocycles. The third-order valence-corrected chi connectivity index (χ3v) is 2.47. The third kappa shape index (κ3) is 3.62. The molecule has 1 aromatic carbocycles. The minimum Gasteiger partial charge on any atom is -0.507 e. The van der Waals surface area contributed by atoms with Gasteiger partial charge in [0.25, 0.3) is 11.2 Å². The summed E-state index contributed by atoms with van der Waals surface area (Å²) < 4.78 is 0. The fourth-order valence-corrected chi connectivity index (χ4v) is 1.55. The van der Waals surface area contributed by atoms with E-state index in [1.807, 2.05) is 0 Å². The van der Waals surface area contributed by atoms with Crippen molar-refractivity contribution >= 4 is 17.9 Å². The molecule has 0 aliphatic carbocycles. The number of rotatable bonds is 4. The van der Waals surface area contributed by atoms with Crippen LogP contribution in [-0.4, -0.2) is 26.2 Å². The maximum absolute atomic E-state index is 11.2. The lowest BCUT2D eigenvalue weighted by molar-refractivity contribution is -0.384. The molecule has 0 spiro atoms. The first-order valence-corrected chi connectivity index (χ1v) is 5.80. The van der Waals surface area contributed by atoms with Crippen molar-refractivity contribution < 1.29 is 10.0 Å². The third-order valence-electron chi connectivity index (χ3n) is 2.47. The van der Waals surface area contributed by atoms with E-state index in [0.717, 1.165) is 0 Å². The highest BCUT2D eigenvalue weighted by Crippen LogP contribution is 2.21. The summed E-state index contributed by atoms with van der Waals surface area (Å²) in [7, 11) is 0. The van der Waals surface area contributed by atoms with Gasteiger partial charge in [0, 0.05) is 29.5 Å². The van der Waals surface area contributed by atoms with Crippen LogP contribution in [0.4, 0.5) is 11.6 Å². The number of anilines is 1. The summed E-state index contributed by atoms with van der Waals surface area (Å²) in [6, 6.07) is 4.88. The molecule has 9 nitrogen and oxygen atoms in total. The highest BCUT2D eigenvalue weighted by Gasteiger charge is 2.08. The molecule has 2 aromatic rings. The summed E-state index contributed by atoms with van der Waals surface area (Å²) in [4.78, 5) is 27.7. The number of benzene rings is 1. The van der Waals surface area contributed by atoms with E-state index in [9.17, 15) is 20.0 Å². The summed E-state index contributed by atoms with van der Waals surface area (Å²) in [5.74, 6) is -0.0296. The normalized spacial score (nSPS) is 10.7. The zero-order valence-electron chi connectivity index (χ0n) is 10.9. The largest absolute Gasteiger partial charge is 0.507 e. The second kappa shape index (κ2) is 5.82. The molecule has 0 radical (unpaired) electrons. The van der Waals surface area contributed by atoms with Crippen LogP contribution >= 0.6 is 0 Å². The van der Waals surface area contributed by atoms with Gasteiger partial charge in [-0.2, -0.15) is 5.10 Å². The van der Waals surface area contributed by atoms with Gasteiger partial charge in [-0.05, 0) is 13.0 Å². The molecule has 1 aromatic heterocycles. The average molecular weight is 289 g/mol. The maximum atomic E-state index is 11.2.